The summed E-state index contributed by atoms with van der Waals surface area (Å²) in [6.45, 7) is 3.53. The number of aryl methyl sites for hydroxylation is 2. The smallest absolute Gasteiger partial charge is 0.156 e. The van der Waals surface area contributed by atoms with Gasteiger partial charge in [-0.2, -0.15) is 0 Å². The van der Waals surface area contributed by atoms with Crippen LogP contribution in [0.5, 0.6) is 0 Å². The molecule has 0 fully saturated rings. The first-order valence-corrected chi connectivity index (χ1v) is 5.90. The van der Waals surface area contributed by atoms with Crippen LogP contribution in [0.15, 0.2) is 18.2 Å². The molecule has 2 N–H and O–H groups in total. The zero-order valence-corrected chi connectivity index (χ0v) is 10.0. The van der Waals surface area contributed by atoms with Gasteiger partial charge in [-0.1, -0.05) is 18.2 Å². The van der Waals surface area contributed by atoms with Crippen molar-refractivity contribution in [1.29, 1.82) is 0 Å². The van der Waals surface area contributed by atoms with Crippen LogP contribution in [-0.4, -0.2) is 11.3 Å². The summed E-state index contributed by atoms with van der Waals surface area (Å²) in [6, 6.07) is 6.40. The summed E-state index contributed by atoms with van der Waals surface area (Å²) in [4.78, 5) is 11.8. The normalized spacial score (nSPS) is 14.9. The second kappa shape index (κ2) is 4.02. The van der Waals surface area contributed by atoms with E-state index in [1.807, 2.05) is 0 Å². The number of nitrogens with two attached hydrogens (primary N) is 1. The van der Waals surface area contributed by atoms with Gasteiger partial charge in [0.15, 0.2) is 5.78 Å². The van der Waals surface area contributed by atoms with Gasteiger partial charge in [-0.05, 0) is 49.8 Å². The molecule has 0 heterocycles. The zero-order valence-electron chi connectivity index (χ0n) is 10.0. The van der Waals surface area contributed by atoms with Gasteiger partial charge in [-0.25, -0.2) is 0 Å². The van der Waals surface area contributed by atoms with E-state index < -0.39 is 5.54 Å². The SMILES string of the molecule is CC(C)(N)C(=O)Cc1ccc2c(c1)CCC2. The van der Waals surface area contributed by atoms with Crippen LogP contribution in [0, 0.1) is 0 Å². The summed E-state index contributed by atoms with van der Waals surface area (Å²) >= 11 is 0. The van der Waals surface area contributed by atoms with E-state index in [0.717, 1.165) is 12.0 Å². The van der Waals surface area contributed by atoms with Crippen molar-refractivity contribution in [1.82, 2.24) is 0 Å². The van der Waals surface area contributed by atoms with Crippen molar-refractivity contribution in [2.75, 3.05) is 0 Å². The molecule has 1 aromatic rings. The van der Waals surface area contributed by atoms with Crippen LogP contribution < -0.4 is 5.73 Å². The van der Waals surface area contributed by atoms with E-state index in [1.54, 1.807) is 13.8 Å². The van der Waals surface area contributed by atoms with Crippen molar-refractivity contribution in [2.45, 2.75) is 45.1 Å². The standard InChI is InChI=1S/C14H19NO/c1-14(2,15)13(16)9-10-6-7-11-4-3-5-12(11)8-10/h6-8H,3-5,9,15H2,1-2H3. The summed E-state index contributed by atoms with van der Waals surface area (Å²) in [5.74, 6) is 0.102. The highest BCUT2D eigenvalue weighted by Crippen LogP contribution is 2.23. The van der Waals surface area contributed by atoms with Gasteiger partial charge in [0.2, 0.25) is 0 Å². The average molecular weight is 217 g/mol. The molecule has 1 aliphatic carbocycles. The highest BCUT2D eigenvalue weighted by Gasteiger charge is 2.22. The largest absolute Gasteiger partial charge is 0.319 e. The van der Waals surface area contributed by atoms with Crippen molar-refractivity contribution in [3.05, 3.63) is 34.9 Å². The van der Waals surface area contributed by atoms with Crippen molar-refractivity contribution < 1.29 is 4.79 Å². The third-order valence-electron chi connectivity index (χ3n) is 3.25. The van der Waals surface area contributed by atoms with Gasteiger partial charge < -0.3 is 5.73 Å². The first-order valence-electron chi connectivity index (χ1n) is 5.90. The zero-order chi connectivity index (χ0) is 11.8. The Morgan fingerprint density at radius 3 is 2.69 bits per heavy atom. The Labute approximate surface area is 96.8 Å². The summed E-state index contributed by atoms with van der Waals surface area (Å²) in [6.07, 6.45) is 4.04. The third kappa shape index (κ3) is 2.33. The molecule has 0 spiro atoms. The van der Waals surface area contributed by atoms with E-state index in [9.17, 15) is 4.79 Å². The molecule has 0 aromatic heterocycles. The van der Waals surface area contributed by atoms with E-state index in [2.05, 4.69) is 18.2 Å². The van der Waals surface area contributed by atoms with Gasteiger partial charge >= 0.3 is 0 Å². The molecule has 2 nitrogen and oxygen atoms in total. The first kappa shape index (κ1) is 11.3. The molecule has 0 atom stereocenters. The molecule has 0 radical (unpaired) electrons. The fourth-order valence-electron chi connectivity index (χ4n) is 2.15. The predicted octanol–water partition coefficient (Wildman–Crippen LogP) is 2.02. The molecule has 1 aromatic carbocycles. The van der Waals surface area contributed by atoms with E-state index in [1.165, 1.54) is 24.0 Å². The Kier molecular flexibility index (Phi) is 2.85. The lowest BCUT2D eigenvalue weighted by Gasteiger charge is -2.16. The Hall–Kier alpha value is -1.15. The molecule has 0 bridgehead atoms. The fraction of sp³-hybridized carbons (Fsp3) is 0.500. The lowest BCUT2D eigenvalue weighted by molar-refractivity contribution is -0.122. The topological polar surface area (TPSA) is 43.1 Å². The molecule has 86 valence electrons. The van der Waals surface area contributed by atoms with E-state index in [0.29, 0.717) is 6.42 Å². The van der Waals surface area contributed by atoms with Crippen LogP contribution >= 0.6 is 0 Å². The number of carbonyl (C=O) groups excluding carboxylic acids is 1. The quantitative estimate of drug-likeness (QED) is 0.841. The van der Waals surface area contributed by atoms with Crippen molar-refractivity contribution in [2.24, 2.45) is 5.73 Å². The minimum absolute atomic E-state index is 0.102. The molecule has 0 amide bonds. The van der Waals surface area contributed by atoms with E-state index in [4.69, 9.17) is 5.73 Å². The van der Waals surface area contributed by atoms with Gasteiger partial charge in [0.25, 0.3) is 0 Å². The number of benzene rings is 1. The molecular formula is C14H19NO. The summed E-state index contributed by atoms with van der Waals surface area (Å²) in [5, 5.41) is 0. The molecule has 0 unspecified atom stereocenters. The number of fused-ring (bicyclic) bond motifs is 1. The predicted molar refractivity (Wildman–Crippen MR) is 65.4 cm³/mol. The molecule has 0 saturated carbocycles. The minimum Gasteiger partial charge on any atom is -0.319 e. The van der Waals surface area contributed by atoms with Gasteiger partial charge in [-0.3, -0.25) is 4.79 Å². The van der Waals surface area contributed by atoms with Crippen LogP contribution in [0.25, 0.3) is 0 Å². The van der Waals surface area contributed by atoms with Crippen molar-refractivity contribution >= 4 is 5.78 Å². The van der Waals surface area contributed by atoms with Gasteiger partial charge in [-0.15, -0.1) is 0 Å². The van der Waals surface area contributed by atoms with Gasteiger partial charge in [0.1, 0.15) is 0 Å². The number of ketones is 1. The lowest BCUT2D eigenvalue weighted by atomic mass is 9.93. The maximum atomic E-state index is 11.8. The molecular weight excluding hydrogens is 198 g/mol. The summed E-state index contributed by atoms with van der Waals surface area (Å²) in [7, 11) is 0. The molecule has 0 saturated heterocycles. The van der Waals surface area contributed by atoms with Gasteiger partial charge in [0.05, 0.1) is 5.54 Å². The van der Waals surface area contributed by atoms with Crippen molar-refractivity contribution in [3.63, 3.8) is 0 Å². The molecule has 2 heteroatoms. The van der Waals surface area contributed by atoms with Crippen LogP contribution in [-0.2, 0) is 24.1 Å². The van der Waals surface area contributed by atoms with E-state index in [-0.39, 0.29) is 5.78 Å². The number of carbonyl (C=O) groups is 1. The van der Waals surface area contributed by atoms with Crippen LogP contribution in [0.4, 0.5) is 0 Å². The maximum Gasteiger partial charge on any atom is 0.156 e. The molecule has 1 aliphatic rings. The van der Waals surface area contributed by atoms with Crippen LogP contribution in [0.3, 0.4) is 0 Å². The van der Waals surface area contributed by atoms with E-state index >= 15 is 0 Å². The monoisotopic (exact) mass is 217 g/mol. The Morgan fingerprint density at radius 2 is 2.00 bits per heavy atom. The Morgan fingerprint density at radius 1 is 1.31 bits per heavy atom. The van der Waals surface area contributed by atoms with Gasteiger partial charge in [0, 0.05) is 6.42 Å². The Balaban J connectivity index is 2.14. The number of hydrogen-bond acceptors (Lipinski definition) is 2. The molecule has 16 heavy (non-hydrogen) atoms. The molecule has 0 aliphatic heterocycles. The minimum atomic E-state index is -0.723. The van der Waals surface area contributed by atoms with Crippen molar-refractivity contribution in [3.8, 4) is 0 Å². The molecule has 2 rings (SSSR count). The number of rotatable bonds is 3. The summed E-state index contributed by atoms with van der Waals surface area (Å²) in [5.41, 5.74) is 9.03. The maximum absolute atomic E-state index is 11.8. The van der Waals surface area contributed by atoms with Crippen LogP contribution in [0.2, 0.25) is 0 Å². The second-order valence-corrected chi connectivity index (χ2v) is 5.28. The second-order valence-electron chi connectivity index (χ2n) is 5.28. The fourth-order valence-corrected chi connectivity index (χ4v) is 2.15. The Bertz CT molecular complexity index is 415. The lowest BCUT2D eigenvalue weighted by Crippen LogP contribution is -2.42. The highest BCUT2D eigenvalue weighted by atomic mass is 16.1. The third-order valence-corrected chi connectivity index (χ3v) is 3.25. The number of hydrogen-bond donors (Lipinski definition) is 1. The first-order chi connectivity index (χ1) is 7.47. The number of Topliss-reactive ketones (excluding diaryl/α,β-unsaturated/α-hetero) is 1. The average Bonchev–Trinajstić information content (AvgIpc) is 2.63. The highest BCUT2D eigenvalue weighted by molar-refractivity contribution is 5.89. The van der Waals surface area contributed by atoms with Crippen LogP contribution in [0.1, 0.15) is 37.0 Å². The summed E-state index contributed by atoms with van der Waals surface area (Å²) < 4.78 is 0.